The van der Waals surface area contributed by atoms with E-state index in [2.05, 4.69) is 13.8 Å². The summed E-state index contributed by atoms with van der Waals surface area (Å²) < 4.78 is 0. The number of carboxylic acids is 1. The summed E-state index contributed by atoms with van der Waals surface area (Å²) in [5, 5.41) is 17.5. The predicted molar refractivity (Wildman–Crippen MR) is 59.4 cm³/mol. The molecule has 0 saturated carbocycles. The van der Waals surface area contributed by atoms with Gasteiger partial charge in [0.25, 0.3) is 0 Å². The minimum atomic E-state index is -1.26. The van der Waals surface area contributed by atoms with Crippen LogP contribution in [0.5, 0.6) is 0 Å². The summed E-state index contributed by atoms with van der Waals surface area (Å²) in [6, 6.07) is 0. The first-order valence-electron chi connectivity index (χ1n) is 5.14. The van der Waals surface area contributed by atoms with Gasteiger partial charge in [-0.25, -0.2) is 4.79 Å². The number of hydrogen-bond acceptors (Lipinski definition) is 3. The van der Waals surface area contributed by atoms with E-state index in [9.17, 15) is 4.79 Å². The Hall–Kier alpha value is 0.403. The molecule has 0 radical (unpaired) electrons. The molecular formula is C10H20O3SZn. The monoisotopic (exact) mass is 284 g/mol. The third-order valence-corrected chi connectivity index (χ3v) is 3.43. The Labute approximate surface area is 109 Å². The van der Waals surface area contributed by atoms with Crippen molar-refractivity contribution in [3.63, 3.8) is 0 Å². The number of thioether (sulfide) groups is 1. The van der Waals surface area contributed by atoms with Crippen molar-refractivity contribution in [2.75, 3.05) is 5.75 Å². The molecule has 0 aliphatic carbocycles. The van der Waals surface area contributed by atoms with Gasteiger partial charge < -0.3 is 10.2 Å². The van der Waals surface area contributed by atoms with Crippen LogP contribution in [0.2, 0.25) is 0 Å². The maximum absolute atomic E-state index is 10.3. The number of hydrogen-bond donors (Lipinski definition) is 2. The van der Waals surface area contributed by atoms with Crippen LogP contribution in [-0.2, 0) is 24.3 Å². The molecule has 5 heteroatoms. The molecule has 0 aromatic carbocycles. The molecule has 0 aromatic rings. The average Bonchev–Trinajstić information content (AvgIpc) is 2.17. The Morgan fingerprint density at radius 2 is 2.00 bits per heavy atom. The number of aliphatic carboxylic acids is 1. The number of carboxylic acid groups (broad SMARTS) is 1. The summed E-state index contributed by atoms with van der Waals surface area (Å²) in [7, 11) is 0. The molecule has 0 aliphatic heterocycles. The van der Waals surface area contributed by atoms with E-state index in [-0.39, 0.29) is 19.5 Å². The van der Waals surface area contributed by atoms with Crippen molar-refractivity contribution in [1.82, 2.24) is 0 Å². The third-order valence-electron chi connectivity index (χ3n) is 2.24. The second kappa shape index (κ2) is 10.9. The van der Waals surface area contributed by atoms with Crippen LogP contribution in [0.25, 0.3) is 0 Å². The topological polar surface area (TPSA) is 57.5 Å². The largest absolute Gasteiger partial charge is 0.479 e. The van der Waals surface area contributed by atoms with Gasteiger partial charge in [-0.1, -0.05) is 33.1 Å². The zero-order valence-corrected chi connectivity index (χ0v) is 13.4. The van der Waals surface area contributed by atoms with Gasteiger partial charge in [-0.2, -0.15) is 0 Å². The summed E-state index contributed by atoms with van der Waals surface area (Å²) in [6.45, 7) is 4.25. The fraction of sp³-hybridized carbons (Fsp3) is 0.900. The molecule has 0 saturated heterocycles. The second-order valence-corrected chi connectivity index (χ2v) is 4.55. The van der Waals surface area contributed by atoms with Crippen molar-refractivity contribution in [2.45, 2.75) is 45.0 Å². The van der Waals surface area contributed by atoms with Crippen molar-refractivity contribution in [2.24, 2.45) is 5.92 Å². The molecule has 0 amide bonds. The Kier molecular flexibility index (Phi) is 12.9. The fourth-order valence-corrected chi connectivity index (χ4v) is 2.20. The third kappa shape index (κ3) is 9.34. The Morgan fingerprint density at radius 3 is 2.40 bits per heavy atom. The quantitative estimate of drug-likeness (QED) is 0.531. The molecule has 0 heterocycles. The van der Waals surface area contributed by atoms with Gasteiger partial charge in [-0.3, -0.25) is 0 Å². The average molecular weight is 286 g/mol. The van der Waals surface area contributed by atoms with E-state index in [0.29, 0.717) is 5.92 Å². The second-order valence-electron chi connectivity index (χ2n) is 3.44. The first-order chi connectivity index (χ1) is 6.61. The van der Waals surface area contributed by atoms with Crippen LogP contribution >= 0.6 is 11.8 Å². The van der Waals surface area contributed by atoms with Crippen LogP contribution in [0.4, 0.5) is 0 Å². The SMILES string of the molecule is CCCCC(CC)CSC(O)C(=O)O.[Zn]. The summed E-state index contributed by atoms with van der Waals surface area (Å²) in [4.78, 5) is 10.3. The molecule has 2 atom stereocenters. The van der Waals surface area contributed by atoms with Crippen molar-refractivity contribution in [3.05, 3.63) is 0 Å². The van der Waals surface area contributed by atoms with E-state index >= 15 is 0 Å². The molecule has 2 N–H and O–H groups in total. The molecule has 0 rings (SSSR count). The minimum absolute atomic E-state index is 0. The number of rotatable bonds is 8. The maximum atomic E-state index is 10.3. The molecule has 0 bridgehead atoms. The molecule has 2 unspecified atom stereocenters. The van der Waals surface area contributed by atoms with Gasteiger partial charge >= 0.3 is 5.97 Å². The van der Waals surface area contributed by atoms with E-state index in [4.69, 9.17) is 10.2 Å². The normalized spacial score (nSPS) is 14.1. The predicted octanol–water partition coefficient (Wildman–Crippen LogP) is 2.34. The van der Waals surface area contributed by atoms with Crippen LogP contribution in [0.3, 0.4) is 0 Å². The molecule has 86 valence electrons. The molecular weight excluding hydrogens is 266 g/mol. The van der Waals surface area contributed by atoms with Crippen LogP contribution in [0, 0.1) is 5.92 Å². The van der Waals surface area contributed by atoms with Crippen LogP contribution in [0.1, 0.15) is 39.5 Å². The van der Waals surface area contributed by atoms with E-state index in [0.717, 1.165) is 30.4 Å². The maximum Gasteiger partial charge on any atom is 0.343 e. The number of aliphatic hydroxyl groups is 1. The van der Waals surface area contributed by atoms with Crippen molar-refractivity contribution < 1.29 is 34.5 Å². The first-order valence-corrected chi connectivity index (χ1v) is 6.19. The van der Waals surface area contributed by atoms with Crippen LogP contribution < -0.4 is 0 Å². The van der Waals surface area contributed by atoms with Gasteiger partial charge in [0.05, 0.1) is 0 Å². The summed E-state index contributed by atoms with van der Waals surface area (Å²) in [5.74, 6) is 0.138. The smallest absolute Gasteiger partial charge is 0.343 e. The zero-order valence-electron chi connectivity index (χ0n) is 9.61. The number of aliphatic hydroxyl groups excluding tert-OH is 1. The van der Waals surface area contributed by atoms with Crippen molar-refractivity contribution >= 4 is 17.7 Å². The van der Waals surface area contributed by atoms with Gasteiger partial charge in [0.15, 0.2) is 5.44 Å². The molecule has 0 aromatic heterocycles. The Morgan fingerprint density at radius 1 is 1.40 bits per heavy atom. The molecule has 0 aliphatic rings. The molecule has 0 spiro atoms. The van der Waals surface area contributed by atoms with Gasteiger partial charge in [0.2, 0.25) is 0 Å². The standard InChI is InChI=1S/C10H20O3S.Zn/c1-3-5-6-8(4-2)7-14-10(13)9(11)12;/h8,10,13H,3-7H2,1-2H3,(H,11,12);. The number of carbonyl (C=O) groups is 1. The first kappa shape index (κ1) is 17.8. The number of unbranched alkanes of at least 4 members (excludes halogenated alkanes) is 1. The summed E-state index contributed by atoms with van der Waals surface area (Å²) >= 11 is 1.12. The van der Waals surface area contributed by atoms with Gasteiger partial charge in [-0.15, -0.1) is 11.8 Å². The molecule has 15 heavy (non-hydrogen) atoms. The fourth-order valence-electron chi connectivity index (χ4n) is 1.20. The van der Waals surface area contributed by atoms with Crippen molar-refractivity contribution in [1.29, 1.82) is 0 Å². The Bertz CT molecular complexity index is 167. The molecule has 3 nitrogen and oxygen atoms in total. The van der Waals surface area contributed by atoms with E-state index in [1.165, 1.54) is 12.8 Å². The van der Waals surface area contributed by atoms with Crippen LogP contribution in [-0.4, -0.2) is 27.4 Å². The summed E-state index contributed by atoms with van der Waals surface area (Å²) in [6.07, 6.45) is 4.54. The van der Waals surface area contributed by atoms with E-state index in [1.807, 2.05) is 0 Å². The minimum Gasteiger partial charge on any atom is -0.479 e. The van der Waals surface area contributed by atoms with Gasteiger partial charge in [0.1, 0.15) is 0 Å². The Balaban J connectivity index is 0. The van der Waals surface area contributed by atoms with E-state index in [1.54, 1.807) is 0 Å². The zero-order chi connectivity index (χ0) is 11.0. The van der Waals surface area contributed by atoms with Gasteiger partial charge in [0, 0.05) is 19.5 Å². The van der Waals surface area contributed by atoms with Gasteiger partial charge in [-0.05, 0) is 18.1 Å². The van der Waals surface area contributed by atoms with Crippen LogP contribution in [0.15, 0.2) is 0 Å². The summed E-state index contributed by atoms with van der Waals surface area (Å²) in [5.41, 5.74) is -1.26. The van der Waals surface area contributed by atoms with Crippen molar-refractivity contribution in [3.8, 4) is 0 Å². The van der Waals surface area contributed by atoms with E-state index < -0.39 is 11.4 Å². The molecule has 0 fully saturated rings.